The van der Waals surface area contributed by atoms with Crippen LogP contribution in [0.25, 0.3) is 0 Å². The summed E-state index contributed by atoms with van der Waals surface area (Å²) in [5, 5.41) is 3.40. The number of methoxy groups -OCH3 is 1. The van der Waals surface area contributed by atoms with Gasteiger partial charge in [-0.1, -0.05) is 31.2 Å². The van der Waals surface area contributed by atoms with Crippen LogP contribution < -0.4 is 5.32 Å². The molecule has 4 heteroatoms. The predicted octanol–water partition coefficient (Wildman–Crippen LogP) is 2.76. The zero-order valence-electron chi connectivity index (χ0n) is 13.4. The molecule has 0 aliphatic rings. The van der Waals surface area contributed by atoms with Gasteiger partial charge in [-0.15, -0.1) is 0 Å². The molecular formula is C17H29NO3. The van der Waals surface area contributed by atoms with Crippen molar-refractivity contribution in [2.24, 2.45) is 0 Å². The van der Waals surface area contributed by atoms with Gasteiger partial charge in [0.2, 0.25) is 0 Å². The lowest BCUT2D eigenvalue weighted by Crippen LogP contribution is -2.13. The van der Waals surface area contributed by atoms with Gasteiger partial charge >= 0.3 is 0 Å². The summed E-state index contributed by atoms with van der Waals surface area (Å²) < 4.78 is 15.9. The number of nitrogens with one attached hydrogen (secondary N) is 1. The maximum absolute atomic E-state index is 5.64. The summed E-state index contributed by atoms with van der Waals surface area (Å²) in [4.78, 5) is 0. The molecule has 1 aromatic carbocycles. The van der Waals surface area contributed by atoms with E-state index in [1.165, 1.54) is 17.5 Å². The van der Waals surface area contributed by atoms with Gasteiger partial charge in [-0.05, 0) is 30.5 Å². The van der Waals surface area contributed by atoms with E-state index in [2.05, 4.69) is 36.5 Å². The van der Waals surface area contributed by atoms with Crippen molar-refractivity contribution in [3.63, 3.8) is 0 Å². The van der Waals surface area contributed by atoms with Gasteiger partial charge in [0.15, 0.2) is 0 Å². The van der Waals surface area contributed by atoms with Crippen molar-refractivity contribution in [2.75, 3.05) is 40.1 Å². The minimum Gasteiger partial charge on any atom is -0.382 e. The smallest absolute Gasteiger partial charge is 0.0716 e. The van der Waals surface area contributed by atoms with Crippen LogP contribution in [0, 0.1) is 0 Å². The zero-order valence-corrected chi connectivity index (χ0v) is 13.4. The van der Waals surface area contributed by atoms with Crippen LogP contribution in [0.4, 0.5) is 0 Å². The molecule has 0 aromatic heterocycles. The fourth-order valence-electron chi connectivity index (χ4n) is 1.86. The van der Waals surface area contributed by atoms with Gasteiger partial charge in [-0.25, -0.2) is 0 Å². The van der Waals surface area contributed by atoms with Gasteiger partial charge in [-0.3, -0.25) is 0 Å². The molecule has 0 heterocycles. The third kappa shape index (κ3) is 9.58. The summed E-state index contributed by atoms with van der Waals surface area (Å²) in [6, 6.07) is 8.60. The van der Waals surface area contributed by atoms with E-state index < -0.39 is 0 Å². The number of hydrogen-bond acceptors (Lipinski definition) is 4. The van der Waals surface area contributed by atoms with Gasteiger partial charge in [0, 0.05) is 26.9 Å². The first-order valence-electron chi connectivity index (χ1n) is 7.79. The van der Waals surface area contributed by atoms with Gasteiger partial charge in [-0.2, -0.15) is 0 Å². The molecule has 0 aliphatic carbocycles. The van der Waals surface area contributed by atoms with Gasteiger partial charge in [0.25, 0.3) is 0 Å². The Kier molecular flexibility index (Phi) is 11.0. The largest absolute Gasteiger partial charge is 0.382 e. The molecule has 0 saturated heterocycles. The Morgan fingerprint density at radius 2 is 1.62 bits per heavy atom. The SMILES string of the molecule is CCCNCc1ccc(COCCCOCCOC)cc1. The van der Waals surface area contributed by atoms with Crippen molar-refractivity contribution in [3.8, 4) is 0 Å². The van der Waals surface area contributed by atoms with Crippen LogP contribution in [0.15, 0.2) is 24.3 Å². The first kappa shape index (κ1) is 18.1. The molecule has 0 saturated carbocycles. The van der Waals surface area contributed by atoms with Crippen LogP contribution in [0.3, 0.4) is 0 Å². The highest BCUT2D eigenvalue weighted by Gasteiger charge is 1.96. The Bertz CT molecular complexity index is 340. The Morgan fingerprint density at radius 3 is 2.33 bits per heavy atom. The summed E-state index contributed by atoms with van der Waals surface area (Å²) >= 11 is 0. The van der Waals surface area contributed by atoms with Crippen LogP contribution in [-0.2, 0) is 27.4 Å². The molecule has 0 amide bonds. The van der Waals surface area contributed by atoms with Crippen molar-refractivity contribution in [2.45, 2.75) is 32.9 Å². The second-order valence-corrected chi connectivity index (χ2v) is 5.00. The van der Waals surface area contributed by atoms with E-state index in [4.69, 9.17) is 14.2 Å². The molecule has 4 nitrogen and oxygen atoms in total. The summed E-state index contributed by atoms with van der Waals surface area (Å²) in [6.07, 6.45) is 2.09. The quantitative estimate of drug-likeness (QED) is 0.568. The number of rotatable bonds is 13. The van der Waals surface area contributed by atoms with Gasteiger partial charge in [0.05, 0.1) is 19.8 Å². The third-order valence-electron chi connectivity index (χ3n) is 3.06. The Hall–Kier alpha value is -0.940. The maximum Gasteiger partial charge on any atom is 0.0716 e. The highest BCUT2D eigenvalue weighted by Crippen LogP contribution is 2.06. The Balaban J connectivity index is 2.04. The molecule has 1 rings (SSSR count). The average Bonchev–Trinajstić information content (AvgIpc) is 2.52. The average molecular weight is 295 g/mol. The maximum atomic E-state index is 5.64. The van der Waals surface area contributed by atoms with E-state index in [0.717, 1.165) is 32.7 Å². The molecule has 0 fully saturated rings. The van der Waals surface area contributed by atoms with E-state index in [9.17, 15) is 0 Å². The molecule has 0 atom stereocenters. The van der Waals surface area contributed by atoms with E-state index >= 15 is 0 Å². The van der Waals surface area contributed by atoms with Crippen LogP contribution >= 0.6 is 0 Å². The van der Waals surface area contributed by atoms with Crippen molar-refractivity contribution >= 4 is 0 Å². The highest BCUT2D eigenvalue weighted by atomic mass is 16.5. The summed E-state index contributed by atoms with van der Waals surface area (Å²) in [6.45, 7) is 7.62. The molecule has 1 aromatic rings. The second-order valence-electron chi connectivity index (χ2n) is 5.00. The standard InChI is InChI=1S/C17H29NO3/c1-3-9-18-14-16-5-7-17(8-6-16)15-21-11-4-10-20-13-12-19-2/h5-8,18H,3-4,9-15H2,1-2H3. The highest BCUT2D eigenvalue weighted by molar-refractivity contribution is 5.21. The number of ether oxygens (including phenoxy) is 3. The van der Waals surface area contributed by atoms with E-state index in [0.29, 0.717) is 19.8 Å². The van der Waals surface area contributed by atoms with E-state index in [1.807, 2.05) is 0 Å². The fraction of sp³-hybridized carbons (Fsp3) is 0.647. The van der Waals surface area contributed by atoms with Crippen LogP contribution in [0.1, 0.15) is 30.9 Å². The normalized spacial score (nSPS) is 11.0. The minimum atomic E-state index is 0.653. The number of hydrogen-bond donors (Lipinski definition) is 1. The van der Waals surface area contributed by atoms with E-state index in [1.54, 1.807) is 7.11 Å². The lowest BCUT2D eigenvalue weighted by molar-refractivity contribution is 0.0483. The molecule has 0 unspecified atom stereocenters. The van der Waals surface area contributed by atoms with Crippen LogP contribution in [-0.4, -0.2) is 40.1 Å². The Morgan fingerprint density at radius 1 is 0.905 bits per heavy atom. The molecule has 0 spiro atoms. The minimum absolute atomic E-state index is 0.653. The van der Waals surface area contributed by atoms with Gasteiger partial charge < -0.3 is 19.5 Å². The molecule has 0 radical (unpaired) electrons. The molecule has 1 N–H and O–H groups in total. The fourth-order valence-corrected chi connectivity index (χ4v) is 1.86. The van der Waals surface area contributed by atoms with Crippen LogP contribution in [0.5, 0.6) is 0 Å². The van der Waals surface area contributed by atoms with Crippen molar-refractivity contribution < 1.29 is 14.2 Å². The zero-order chi connectivity index (χ0) is 15.2. The summed E-state index contributed by atoms with van der Waals surface area (Å²) in [5.74, 6) is 0. The molecule has 120 valence electrons. The summed E-state index contributed by atoms with van der Waals surface area (Å²) in [7, 11) is 1.68. The monoisotopic (exact) mass is 295 g/mol. The number of benzene rings is 1. The molecule has 0 aliphatic heterocycles. The predicted molar refractivity (Wildman–Crippen MR) is 85.4 cm³/mol. The molecular weight excluding hydrogens is 266 g/mol. The van der Waals surface area contributed by atoms with Crippen molar-refractivity contribution in [1.29, 1.82) is 0 Å². The molecule has 21 heavy (non-hydrogen) atoms. The third-order valence-corrected chi connectivity index (χ3v) is 3.06. The van der Waals surface area contributed by atoms with Crippen LogP contribution in [0.2, 0.25) is 0 Å². The Labute approximate surface area is 128 Å². The lowest BCUT2D eigenvalue weighted by Gasteiger charge is -2.07. The molecule has 0 bridgehead atoms. The van der Waals surface area contributed by atoms with E-state index in [-0.39, 0.29) is 0 Å². The first-order valence-corrected chi connectivity index (χ1v) is 7.79. The van der Waals surface area contributed by atoms with Crippen molar-refractivity contribution in [3.05, 3.63) is 35.4 Å². The lowest BCUT2D eigenvalue weighted by atomic mass is 10.1. The second kappa shape index (κ2) is 12.8. The topological polar surface area (TPSA) is 39.7 Å². The van der Waals surface area contributed by atoms with Crippen molar-refractivity contribution in [1.82, 2.24) is 5.32 Å². The first-order chi connectivity index (χ1) is 10.4. The summed E-state index contributed by atoms with van der Waals surface area (Å²) in [5.41, 5.74) is 2.54. The van der Waals surface area contributed by atoms with Gasteiger partial charge in [0.1, 0.15) is 0 Å².